The molecule has 2 aromatic heterocycles. The molecule has 0 unspecified atom stereocenters. The van der Waals surface area contributed by atoms with E-state index in [1.165, 1.54) is 16.8 Å². The normalized spacial score (nSPS) is 17.1. The number of hydrogen-bond acceptors (Lipinski definition) is 9. The van der Waals surface area contributed by atoms with Crippen molar-refractivity contribution in [2.45, 2.75) is 61.7 Å². The largest absolute Gasteiger partial charge is 0.471 e. The van der Waals surface area contributed by atoms with Crippen LogP contribution in [0, 0.1) is 6.57 Å². The van der Waals surface area contributed by atoms with Crippen LogP contribution in [0.25, 0.3) is 26.4 Å². The molecule has 20 heteroatoms. The molecule has 1 amide bonds. The van der Waals surface area contributed by atoms with Gasteiger partial charge in [-0.3, -0.25) is 14.3 Å². The lowest BCUT2D eigenvalue weighted by atomic mass is 10.1. The number of amides is 1. The van der Waals surface area contributed by atoms with Crippen molar-refractivity contribution in [2.75, 3.05) is 44.4 Å². The third-order valence-corrected chi connectivity index (χ3v) is 12.5. The summed E-state index contributed by atoms with van der Waals surface area (Å²) in [5.74, 6) is -1.97. The molecule has 12 nitrogen and oxygen atoms in total. The lowest BCUT2D eigenvalue weighted by Gasteiger charge is -2.36. The first-order valence-electron chi connectivity index (χ1n) is 14.6. The molecule has 256 valence electrons. The van der Waals surface area contributed by atoms with Crippen molar-refractivity contribution in [3.05, 3.63) is 28.6 Å². The minimum Gasteiger partial charge on any atom is -0.366 e. The van der Waals surface area contributed by atoms with Crippen LogP contribution in [0.1, 0.15) is 24.3 Å². The Morgan fingerprint density at radius 3 is 2.36 bits per heavy atom. The molecule has 0 N–H and O–H groups in total. The van der Waals surface area contributed by atoms with E-state index in [-0.39, 0.29) is 59.6 Å². The van der Waals surface area contributed by atoms with E-state index in [4.69, 9.17) is 11.3 Å². The van der Waals surface area contributed by atoms with Crippen molar-refractivity contribution < 1.29 is 39.9 Å². The highest BCUT2D eigenvalue weighted by Crippen LogP contribution is 2.47. The molecule has 47 heavy (non-hydrogen) atoms. The number of sulfonamides is 1. The van der Waals surface area contributed by atoms with E-state index in [0.29, 0.717) is 41.2 Å². The van der Waals surface area contributed by atoms with Crippen LogP contribution in [0.2, 0.25) is 25.7 Å². The van der Waals surface area contributed by atoms with Crippen molar-refractivity contribution >= 4 is 51.9 Å². The minimum atomic E-state index is -5.04. The number of anilines is 1. The van der Waals surface area contributed by atoms with Crippen LogP contribution in [-0.2, 0) is 26.6 Å². The third kappa shape index (κ3) is 7.13. The SMILES string of the molecule is [C-]#[N+]C1(N(COCC[Si](C)(C)C)S(=O)(=O)c2cc(N3CCN(C(=O)C(F)(F)F)CC3)c3c(c2)c(-c2nnc(C(F)F)s2)nn3C)CC1. The van der Waals surface area contributed by atoms with Gasteiger partial charge in [-0.1, -0.05) is 35.3 Å². The molecule has 3 aromatic rings. The van der Waals surface area contributed by atoms with Gasteiger partial charge in [-0.25, -0.2) is 23.8 Å². The molecule has 0 radical (unpaired) electrons. The Balaban J connectivity index is 1.60. The Labute approximate surface area is 273 Å². The highest BCUT2D eigenvalue weighted by atomic mass is 32.2. The number of alkyl halides is 5. The smallest absolute Gasteiger partial charge is 0.366 e. The number of nitrogens with zero attached hydrogens (tertiary/aromatic N) is 8. The van der Waals surface area contributed by atoms with Crippen molar-refractivity contribution in [2.24, 2.45) is 7.05 Å². The molecule has 0 spiro atoms. The zero-order valence-electron chi connectivity index (χ0n) is 26.0. The zero-order chi connectivity index (χ0) is 34.5. The maximum Gasteiger partial charge on any atom is 0.471 e. The lowest BCUT2D eigenvalue weighted by molar-refractivity contribution is -0.185. The molecule has 3 heterocycles. The third-order valence-electron chi connectivity index (χ3n) is 8.03. The van der Waals surface area contributed by atoms with E-state index in [1.807, 2.05) is 0 Å². The number of halogens is 5. The number of ether oxygens (including phenoxy) is 1. The maximum atomic E-state index is 14.4. The van der Waals surface area contributed by atoms with E-state index in [2.05, 4.69) is 39.8 Å². The van der Waals surface area contributed by atoms with Crippen molar-refractivity contribution in [1.29, 1.82) is 0 Å². The number of carbonyl (C=O) groups is 1. The van der Waals surface area contributed by atoms with Crippen molar-refractivity contribution in [3.63, 3.8) is 0 Å². The van der Waals surface area contributed by atoms with Crippen LogP contribution < -0.4 is 4.90 Å². The molecule has 1 saturated heterocycles. The van der Waals surface area contributed by atoms with E-state index in [1.54, 1.807) is 11.9 Å². The fourth-order valence-corrected chi connectivity index (χ4v) is 8.38. The molecule has 2 aliphatic rings. The van der Waals surface area contributed by atoms with Gasteiger partial charge in [0.2, 0.25) is 0 Å². The van der Waals surface area contributed by atoms with Gasteiger partial charge < -0.3 is 14.5 Å². The van der Waals surface area contributed by atoms with E-state index >= 15 is 0 Å². The number of fused-ring (bicyclic) bond motifs is 1. The topological polar surface area (TPSA) is 118 Å². The standard InChI is InChI=1S/C27H33F5N8O4S2Si/c1-33-26(6-7-26)40(16-44-12-13-47(3,4)5)46(42,43)17-14-18-20(23-34-35-24(45-23)22(28)29)36-37(2)21(18)19(15-17)38-8-10-39(11-9-38)25(41)27(30,31)32/h14-15,22H,6-13,16H2,2-5H3. The molecule has 1 aliphatic heterocycles. The van der Waals surface area contributed by atoms with Gasteiger partial charge in [0.05, 0.1) is 28.9 Å². The fraction of sp³-hybridized carbons (Fsp3) is 0.593. The predicted molar refractivity (Wildman–Crippen MR) is 166 cm³/mol. The van der Waals surface area contributed by atoms with Gasteiger partial charge in [0.25, 0.3) is 16.4 Å². The molecule has 5 rings (SSSR count). The van der Waals surface area contributed by atoms with E-state index < -0.39 is 47.3 Å². The molecule has 1 aliphatic carbocycles. The summed E-state index contributed by atoms with van der Waals surface area (Å²) in [7, 11) is -4.40. The van der Waals surface area contributed by atoms with Crippen molar-refractivity contribution in [1.82, 2.24) is 29.2 Å². The van der Waals surface area contributed by atoms with Crippen LogP contribution >= 0.6 is 11.3 Å². The average Bonchev–Trinajstić information content (AvgIpc) is 3.48. The number of rotatable bonds is 11. The number of piperazine rings is 1. The Morgan fingerprint density at radius 1 is 1.17 bits per heavy atom. The second-order valence-electron chi connectivity index (χ2n) is 12.6. The minimum absolute atomic E-state index is 0.0124. The number of aryl methyl sites for hydroxylation is 1. The van der Waals surface area contributed by atoms with E-state index in [9.17, 15) is 35.2 Å². The summed E-state index contributed by atoms with van der Waals surface area (Å²) in [6.07, 6.45) is -7.33. The van der Waals surface area contributed by atoms with Crippen LogP contribution in [0.4, 0.5) is 27.6 Å². The summed E-state index contributed by atoms with van der Waals surface area (Å²) in [5.41, 5.74) is -0.597. The maximum absolute atomic E-state index is 14.4. The van der Waals surface area contributed by atoms with Gasteiger partial charge in [0.1, 0.15) is 12.4 Å². The number of benzene rings is 1. The summed E-state index contributed by atoms with van der Waals surface area (Å²) < 4.78 is 103. The number of hydrogen-bond donors (Lipinski definition) is 0. The monoisotopic (exact) mass is 720 g/mol. The number of carbonyl (C=O) groups excluding carboxylic acids is 1. The fourth-order valence-electron chi connectivity index (χ4n) is 5.26. The molecule has 0 bridgehead atoms. The van der Waals surface area contributed by atoms with Gasteiger partial charge in [-0.05, 0) is 18.2 Å². The van der Waals surface area contributed by atoms with Gasteiger partial charge in [0, 0.05) is 53.3 Å². The Kier molecular flexibility index (Phi) is 9.44. The Morgan fingerprint density at radius 2 is 1.83 bits per heavy atom. The van der Waals surface area contributed by atoms with Crippen LogP contribution in [0.3, 0.4) is 0 Å². The average molecular weight is 721 g/mol. The lowest BCUT2D eigenvalue weighted by Crippen LogP contribution is -2.52. The summed E-state index contributed by atoms with van der Waals surface area (Å²) in [5, 5.41) is 11.5. The first-order valence-corrected chi connectivity index (χ1v) is 20.6. The Hall–Kier alpha value is -3.25. The molecule has 1 aromatic carbocycles. The summed E-state index contributed by atoms with van der Waals surface area (Å²) in [4.78, 5) is 17.6. The summed E-state index contributed by atoms with van der Waals surface area (Å²) in [6, 6.07) is 3.47. The molecule has 1 saturated carbocycles. The molecule has 0 atom stereocenters. The second kappa shape index (κ2) is 12.6. The quantitative estimate of drug-likeness (QED) is 0.0899. The highest BCUT2D eigenvalue weighted by Gasteiger charge is 2.61. The molecular weight excluding hydrogens is 688 g/mol. The highest BCUT2D eigenvalue weighted by molar-refractivity contribution is 7.89. The van der Waals surface area contributed by atoms with Crippen LogP contribution in [0.15, 0.2) is 17.0 Å². The van der Waals surface area contributed by atoms with Gasteiger partial charge in [-0.2, -0.15) is 18.3 Å². The molecule has 2 fully saturated rings. The predicted octanol–water partition coefficient (Wildman–Crippen LogP) is 4.95. The van der Waals surface area contributed by atoms with Crippen LogP contribution in [0.5, 0.6) is 0 Å². The second-order valence-corrected chi connectivity index (χ2v) is 21.1. The Bertz CT molecular complexity index is 1810. The van der Waals surface area contributed by atoms with Gasteiger partial charge in [0.15, 0.2) is 10.0 Å². The van der Waals surface area contributed by atoms with E-state index in [0.717, 1.165) is 10.3 Å². The summed E-state index contributed by atoms with van der Waals surface area (Å²) in [6.45, 7) is 13.5. The first kappa shape index (κ1) is 35.1. The van der Waals surface area contributed by atoms with Gasteiger partial charge in [-0.15, -0.1) is 10.2 Å². The summed E-state index contributed by atoms with van der Waals surface area (Å²) >= 11 is 0.594. The van der Waals surface area contributed by atoms with Crippen molar-refractivity contribution in [3.8, 4) is 10.7 Å². The molecular formula is C27H33F5N8O4S2Si. The van der Waals surface area contributed by atoms with Crippen LogP contribution in [-0.4, -0.2) is 103 Å². The first-order chi connectivity index (χ1) is 21.9. The van der Waals surface area contributed by atoms with Gasteiger partial charge >= 0.3 is 17.7 Å². The number of aromatic nitrogens is 4. The zero-order valence-corrected chi connectivity index (χ0v) is 28.6.